The summed E-state index contributed by atoms with van der Waals surface area (Å²) in [5.74, 6) is -1.06. The smallest absolute Gasteiger partial charge is 0.855 e. The molecule has 6 heterocycles. The molecule has 0 aliphatic rings. The Labute approximate surface area is 401 Å². The van der Waals surface area contributed by atoms with E-state index >= 15 is 0 Å². The molecule has 63 heavy (non-hydrogen) atoms. The van der Waals surface area contributed by atoms with E-state index in [0.717, 1.165) is 45.1 Å². The van der Waals surface area contributed by atoms with Gasteiger partial charge in [-0.2, -0.15) is 13.2 Å². The molecule has 0 saturated heterocycles. The number of aliphatic hydroxyl groups is 1. The molecule has 0 fully saturated rings. The Hall–Kier alpha value is -4.38. The molecule has 0 aliphatic heterocycles. The van der Waals surface area contributed by atoms with Crippen LogP contribution in [-0.2, 0) is 20.4 Å². The maximum atomic E-state index is 12.6. The molecule has 338 valence electrons. The van der Waals surface area contributed by atoms with Crippen LogP contribution < -0.4 is 46.0 Å². The molecule has 0 aromatic carbocycles. The Morgan fingerprint density at radius 3 is 1.57 bits per heavy atom. The van der Waals surface area contributed by atoms with Crippen LogP contribution in [0.2, 0.25) is 0 Å². The van der Waals surface area contributed by atoms with Crippen molar-refractivity contribution < 1.29 is 81.5 Å². The third kappa shape index (κ3) is 22.7. The van der Waals surface area contributed by atoms with Gasteiger partial charge in [0.1, 0.15) is 10.7 Å². The fourth-order valence-corrected chi connectivity index (χ4v) is 7.03. The first kappa shape index (κ1) is 58.6. The van der Waals surface area contributed by atoms with Crippen molar-refractivity contribution in [2.75, 3.05) is 26.4 Å². The van der Waals surface area contributed by atoms with Gasteiger partial charge in [0.15, 0.2) is 27.4 Å². The number of amidine groups is 1. The van der Waals surface area contributed by atoms with Crippen LogP contribution in [0.1, 0.15) is 80.8 Å². The molecule has 0 unspecified atom stereocenters. The number of nitrogens with one attached hydrogen (secondary N) is 2. The maximum Gasteiger partial charge on any atom is 1.00 e. The first-order valence-corrected chi connectivity index (χ1v) is 22.1. The number of nitrogens with zero attached hydrogens (tertiary/aromatic N) is 6. The number of rotatable bonds is 7. The number of carbonyl (C=O) groups is 3. The number of nitrogen functional groups attached to an aromatic ring is 1. The predicted octanol–water partition coefficient (Wildman–Crippen LogP) is 3.84. The number of aliphatic hydroxyl groups excluding tert-OH is 1. The molecule has 0 spiro atoms. The minimum Gasteiger partial charge on any atom is -0.855 e. The van der Waals surface area contributed by atoms with Crippen LogP contribution in [-0.4, -0.2) is 90.4 Å². The van der Waals surface area contributed by atoms with Gasteiger partial charge in [0, 0.05) is 62.3 Å². The predicted molar refractivity (Wildman–Crippen MR) is 230 cm³/mol. The van der Waals surface area contributed by atoms with E-state index < -0.39 is 29.6 Å². The van der Waals surface area contributed by atoms with Crippen LogP contribution >= 0.6 is 56.7 Å². The van der Waals surface area contributed by atoms with Crippen LogP contribution in [0.15, 0.2) is 37.8 Å². The largest absolute Gasteiger partial charge is 1.00 e. The number of hydrogen-bond donors (Lipinski definition) is 4. The molecular formula is C36H43F3N9NaO9S5. The zero-order chi connectivity index (χ0) is 47.0. The fraction of sp³-hybridized carbons (Fsp3) is 0.361. The first-order valence-electron chi connectivity index (χ1n) is 17.7. The van der Waals surface area contributed by atoms with Gasteiger partial charge in [0.25, 0.3) is 5.56 Å². The van der Waals surface area contributed by atoms with Crippen molar-refractivity contribution in [3.8, 4) is 21.5 Å². The van der Waals surface area contributed by atoms with Gasteiger partial charge in [-0.15, -0.1) is 63.3 Å². The van der Waals surface area contributed by atoms with E-state index in [4.69, 9.17) is 26.1 Å². The second-order valence-electron chi connectivity index (χ2n) is 11.0. The fourth-order valence-electron chi connectivity index (χ4n) is 3.49. The first-order chi connectivity index (χ1) is 29.2. The number of aromatic amines is 1. The number of alkyl halides is 3. The molecule has 0 radical (unpaired) electrons. The van der Waals surface area contributed by atoms with Crippen molar-refractivity contribution in [1.82, 2.24) is 34.9 Å². The number of H-pyrrole nitrogens is 1. The van der Waals surface area contributed by atoms with Crippen molar-refractivity contribution >= 4 is 80.6 Å². The average molecular weight is 986 g/mol. The third-order valence-electron chi connectivity index (χ3n) is 5.73. The van der Waals surface area contributed by atoms with Gasteiger partial charge in [0.05, 0.1) is 13.2 Å². The van der Waals surface area contributed by atoms with Gasteiger partial charge in [-0.05, 0) is 48.5 Å². The quantitative estimate of drug-likeness (QED) is 0.0581. The molecule has 0 aliphatic carbocycles. The van der Waals surface area contributed by atoms with E-state index in [9.17, 15) is 32.3 Å². The molecule has 0 atom stereocenters. The van der Waals surface area contributed by atoms with Crippen molar-refractivity contribution in [3.05, 3.63) is 86.8 Å². The zero-order valence-electron chi connectivity index (χ0n) is 35.4. The number of hydrogen-bond acceptors (Lipinski definition) is 21. The average Bonchev–Trinajstić information content (AvgIpc) is 4.05. The summed E-state index contributed by atoms with van der Waals surface area (Å²) < 4.78 is 51.3. The minimum absolute atomic E-state index is 0. The Morgan fingerprint density at radius 2 is 1.19 bits per heavy atom. The van der Waals surface area contributed by atoms with Gasteiger partial charge in [-0.1, -0.05) is 6.92 Å². The van der Waals surface area contributed by atoms with E-state index in [-0.39, 0.29) is 77.0 Å². The SMILES string of the molecule is CCO.CCOC(=O)OC(=O)c1nc(C)cs1.CCOC(=O)c1nc(C)cs1.CC[O-].Cc1csc(-c2cc(=O)[nH]c(-c3nc(C(F)(F)F)cs3)n2)n1.Cc1csc(C(=N)N)n1.[Na+]. The maximum absolute atomic E-state index is 12.6. The zero-order valence-corrected chi connectivity index (χ0v) is 41.5. The van der Waals surface area contributed by atoms with Crippen LogP contribution in [0.25, 0.3) is 21.5 Å². The summed E-state index contributed by atoms with van der Waals surface area (Å²) in [6, 6.07) is 1.25. The van der Waals surface area contributed by atoms with E-state index in [1.165, 1.54) is 40.1 Å². The summed E-state index contributed by atoms with van der Waals surface area (Å²) in [6.07, 6.45) is -5.52. The standard InChI is InChI=1S/C12H7F3N4OS2.C8H9NO4S.C7H9NO2S.C5H7N3S.C2H6O.C2H5O.Na/c1-5-3-21-10(16-5)6-2-8(20)19-9(17-6)11-18-7(4-22-11)12(13,14)15;1-3-12-8(11)13-7(10)6-9-5(2)4-14-6;1-3-10-7(9)6-8-5(2)4-11-6;1-3-2-9-5(8-3)4(6)7;2*1-2-3;/h2-4H,1H3,(H,17,19,20);4H,3H2,1-2H3;4H,3H2,1-2H3;2H,1H3,(H3,6,7);3H,2H2,1H3;2H2,1H3;/q;;;;;-1;+1. The van der Waals surface area contributed by atoms with Crippen molar-refractivity contribution in [2.24, 2.45) is 5.73 Å². The normalized spacial score (nSPS) is 9.86. The number of esters is 2. The van der Waals surface area contributed by atoms with Gasteiger partial charge < -0.3 is 35.1 Å². The van der Waals surface area contributed by atoms with Crippen molar-refractivity contribution in [1.29, 1.82) is 5.41 Å². The molecule has 0 saturated carbocycles. The van der Waals surface area contributed by atoms with Gasteiger partial charge in [-0.3, -0.25) is 10.2 Å². The number of aromatic nitrogens is 7. The molecule has 6 aromatic heterocycles. The van der Waals surface area contributed by atoms with Crippen molar-refractivity contribution in [2.45, 2.75) is 61.6 Å². The Bertz CT molecular complexity index is 2360. The third-order valence-corrected chi connectivity index (χ3v) is 10.4. The minimum atomic E-state index is -4.53. The summed E-state index contributed by atoms with van der Waals surface area (Å²) in [5, 5.41) is 33.3. The topological polar surface area (TPSA) is 282 Å². The molecule has 0 bridgehead atoms. The molecule has 27 heteroatoms. The summed E-state index contributed by atoms with van der Waals surface area (Å²) >= 11 is 5.90. The number of ether oxygens (including phenoxy) is 3. The van der Waals surface area contributed by atoms with Gasteiger partial charge in [-0.25, -0.2) is 44.3 Å². The second kappa shape index (κ2) is 30.7. The molecule has 0 amide bonds. The summed E-state index contributed by atoms with van der Waals surface area (Å²) in [5.41, 5.74) is 7.25. The Morgan fingerprint density at radius 1 is 0.746 bits per heavy atom. The van der Waals surface area contributed by atoms with Gasteiger partial charge >= 0.3 is 53.8 Å². The van der Waals surface area contributed by atoms with Crippen molar-refractivity contribution in [3.63, 3.8) is 0 Å². The molecule has 6 aromatic rings. The van der Waals surface area contributed by atoms with Crippen LogP contribution in [0.4, 0.5) is 18.0 Å². The summed E-state index contributed by atoms with van der Waals surface area (Å²) in [6.45, 7) is 14.7. The monoisotopic (exact) mass is 985 g/mol. The van der Waals surface area contributed by atoms with Crippen LogP contribution in [0.3, 0.4) is 0 Å². The number of thiazole rings is 5. The number of aryl methyl sites for hydroxylation is 4. The summed E-state index contributed by atoms with van der Waals surface area (Å²) in [7, 11) is 0. The Balaban J connectivity index is 0.000000816. The summed E-state index contributed by atoms with van der Waals surface area (Å²) in [4.78, 5) is 70.6. The van der Waals surface area contributed by atoms with E-state index in [1.807, 2.05) is 24.6 Å². The molecular weight excluding hydrogens is 943 g/mol. The Kier molecular flexibility index (Phi) is 28.5. The molecule has 6 rings (SSSR count). The van der Waals surface area contributed by atoms with Gasteiger partial charge in [0.2, 0.25) is 10.0 Å². The van der Waals surface area contributed by atoms with Crippen LogP contribution in [0.5, 0.6) is 0 Å². The van der Waals surface area contributed by atoms with E-state index in [1.54, 1.807) is 52.3 Å². The van der Waals surface area contributed by atoms with E-state index in [2.05, 4.69) is 44.4 Å². The molecule has 18 nitrogen and oxygen atoms in total. The second-order valence-corrected chi connectivity index (χ2v) is 15.3. The van der Waals surface area contributed by atoms with E-state index in [0.29, 0.717) is 33.0 Å². The number of halogens is 3. The number of nitrogens with two attached hydrogens (primary N) is 1. The molecule has 5 N–H and O–H groups in total. The number of carbonyl (C=O) groups excluding carboxylic acids is 3. The van der Waals surface area contributed by atoms with Crippen LogP contribution in [0, 0.1) is 33.1 Å².